The van der Waals surface area contributed by atoms with Crippen LogP contribution in [-0.2, 0) is 6.54 Å². The van der Waals surface area contributed by atoms with Gasteiger partial charge in [0.2, 0.25) is 0 Å². The predicted octanol–water partition coefficient (Wildman–Crippen LogP) is 4.41. The molecule has 0 aliphatic rings. The molecule has 18 heavy (non-hydrogen) atoms. The smallest absolute Gasteiger partial charge is 0.130 e. The zero-order chi connectivity index (χ0) is 13.4. The van der Waals surface area contributed by atoms with Crippen LogP contribution in [0.5, 0.6) is 0 Å². The molecule has 1 rings (SSSR count). The van der Waals surface area contributed by atoms with E-state index < -0.39 is 11.6 Å². The van der Waals surface area contributed by atoms with E-state index in [4.69, 9.17) is 0 Å². The van der Waals surface area contributed by atoms with Gasteiger partial charge in [-0.25, -0.2) is 8.78 Å². The van der Waals surface area contributed by atoms with Crippen molar-refractivity contribution in [1.29, 1.82) is 0 Å². The Labute approximate surface area is 109 Å². The quantitative estimate of drug-likeness (QED) is 0.725. The van der Waals surface area contributed by atoms with E-state index in [0.29, 0.717) is 18.2 Å². The fourth-order valence-electron chi connectivity index (χ4n) is 2.07. The minimum atomic E-state index is -0.521. The summed E-state index contributed by atoms with van der Waals surface area (Å²) in [5.74, 6) is -0.986. The lowest BCUT2D eigenvalue weighted by molar-refractivity contribution is 0.428. The van der Waals surface area contributed by atoms with Gasteiger partial charge in [0.15, 0.2) is 0 Å². The molecule has 0 fully saturated rings. The summed E-state index contributed by atoms with van der Waals surface area (Å²) in [6.45, 7) is 4.79. The maximum Gasteiger partial charge on any atom is 0.130 e. The third-order valence-electron chi connectivity index (χ3n) is 3.14. The summed E-state index contributed by atoms with van der Waals surface area (Å²) in [5, 5.41) is 3.37. The van der Waals surface area contributed by atoms with E-state index in [-0.39, 0.29) is 0 Å². The van der Waals surface area contributed by atoms with Crippen molar-refractivity contribution in [2.75, 3.05) is 0 Å². The molecule has 0 aliphatic carbocycles. The van der Waals surface area contributed by atoms with Crippen LogP contribution in [0.15, 0.2) is 18.2 Å². The molecule has 0 aliphatic heterocycles. The second-order valence-electron chi connectivity index (χ2n) is 4.74. The van der Waals surface area contributed by atoms with Crippen molar-refractivity contribution >= 4 is 0 Å². The molecular formula is C15H23F2N. The van der Waals surface area contributed by atoms with Crippen LogP contribution in [0.4, 0.5) is 8.78 Å². The van der Waals surface area contributed by atoms with Crippen LogP contribution in [0.2, 0.25) is 0 Å². The van der Waals surface area contributed by atoms with Crippen LogP contribution in [0.25, 0.3) is 0 Å². The first-order valence-electron chi connectivity index (χ1n) is 6.84. The van der Waals surface area contributed by atoms with Crippen LogP contribution in [-0.4, -0.2) is 6.04 Å². The highest BCUT2D eigenvalue weighted by molar-refractivity contribution is 5.18. The maximum atomic E-state index is 13.5. The predicted molar refractivity (Wildman–Crippen MR) is 71.4 cm³/mol. The maximum absolute atomic E-state index is 13.5. The van der Waals surface area contributed by atoms with Gasteiger partial charge in [-0.15, -0.1) is 0 Å². The zero-order valence-electron chi connectivity index (χ0n) is 11.3. The van der Waals surface area contributed by atoms with E-state index in [1.807, 2.05) is 0 Å². The lowest BCUT2D eigenvalue weighted by Gasteiger charge is -2.18. The van der Waals surface area contributed by atoms with Crippen LogP contribution in [0.1, 0.15) is 51.5 Å². The van der Waals surface area contributed by atoms with E-state index >= 15 is 0 Å². The summed E-state index contributed by atoms with van der Waals surface area (Å²) >= 11 is 0. The molecule has 1 N–H and O–H groups in total. The molecule has 102 valence electrons. The van der Waals surface area contributed by atoms with E-state index in [2.05, 4.69) is 19.2 Å². The van der Waals surface area contributed by atoms with Crippen molar-refractivity contribution in [1.82, 2.24) is 5.32 Å². The van der Waals surface area contributed by atoms with Crippen molar-refractivity contribution in [2.24, 2.45) is 0 Å². The van der Waals surface area contributed by atoms with Crippen molar-refractivity contribution in [3.8, 4) is 0 Å². The third-order valence-corrected chi connectivity index (χ3v) is 3.14. The lowest BCUT2D eigenvalue weighted by atomic mass is 10.0. The Morgan fingerprint density at radius 2 is 1.89 bits per heavy atom. The highest BCUT2D eigenvalue weighted by atomic mass is 19.1. The first-order valence-corrected chi connectivity index (χ1v) is 6.84. The van der Waals surface area contributed by atoms with Gasteiger partial charge in [-0.05, 0) is 18.9 Å². The van der Waals surface area contributed by atoms with E-state index in [1.165, 1.54) is 25.0 Å². The fraction of sp³-hybridized carbons (Fsp3) is 0.600. The Kier molecular flexibility index (Phi) is 6.88. The molecule has 3 heteroatoms. The molecular weight excluding hydrogens is 232 g/mol. The minimum absolute atomic E-state index is 0.430. The molecule has 0 spiro atoms. The number of nitrogens with one attached hydrogen (secondary N) is 1. The summed E-state index contributed by atoms with van der Waals surface area (Å²) in [5.41, 5.74) is 0.536. The Morgan fingerprint density at radius 1 is 1.11 bits per heavy atom. The second kappa shape index (κ2) is 8.20. The Morgan fingerprint density at radius 3 is 2.50 bits per heavy atom. The fourth-order valence-corrected chi connectivity index (χ4v) is 2.07. The number of unbranched alkanes of at least 4 members (excludes halogenated alkanes) is 1. The molecule has 0 saturated carbocycles. The largest absolute Gasteiger partial charge is 0.310 e. The third kappa shape index (κ3) is 5.13. The van der Waals surface area contributed by atoms with Crippen LogP contribution in [0, 0.1) is 11.6 Å². The molecule has 1 atom stereocenters. The summed E-state index contributed by atoms with van der Waals surface area (Å²) in [6, 6.07) is 4.19. The molecule has 1 nitrogen and oxygen atoms in total. The number of rotatable bonds is 8. The first-order chi connectivity index (χ1) is 8.67. The summed E-state index contributed by atoms with van der Waals surface area (Å²) in [4.78, 5) is 0. The molecule has 0 amide bonds. The summed E-state index contributed by atoms with van der Waals surface area (Å²) in [6.07, 6.45) is 5.69. The van der Waals surface area contributed by atoms with Crippen molar-refractivity contribution in [3.63, 3.8) is 0 Å². The van der Waals surface area contributed by atoms with Gasteiger partial charge >= 0.3 is 0 Å². The van der Waals surface area contributed by atoms with Crippen LogP contribution in [0.3, 0.4) is 0 Å². The first kappa shape index (κ1) is 15.1. The Hall–Kier alpha value is -0.960. The van der Waals surface area contributed by atoms with Gasteiger partial charge in [-0.2, -0.15) is 0 Å². The second-order valence-corrected chi connectivity index (χ2v) is 4.74. The highest BCUT2D eigenvalue weighted by Crippen LogP contribution is 2.12. The van der Waals surface area contributed by atoms with Gasteiger partial charge in [0, 0.05) is 24.2 Å². The summed E-state index contributed by atoms with van der Waals surface area (Å²) < 4.78 is 26.2. The zero-order valence-corrected chi connectivity index (χ0v) is 11.3. The minimum Gasteiger partial charge on any atom is -0.310 e. The SMILES string of the molecule is CCCCC(CCC)NCc1ccc(F)cc1F. The number of hydrogen-bond donors (Lipinski definition) is 1. The normalized spacial score (nSPS) is 12.7. The standard InChI is InChI=1S/C15H23F2N/c1-3-5-7-14(6-4-2)18-11-12-8-9-13(16)10-15(12)17/h8-10,14,18H,3-7,11H2,1-2H3. The molecule has 1 aromatic carbocycles. The van der Waals surface area contributed by atoms with Crippen LogP contribution < -0.4 is 5.32 Å². The van der Waals surface area contributed by atoms with Crippen molar-refractivity contribution in [2.45, 2.75) is 58.5 Å². The molecule has 1 aromatic rings. The monoisotopic (exact) mass is 255 g/mol. The van der Waals surface area contributed by atoms with Gasteiger partial charge < -0.3 is 5.32 Å². The Bertz CT molecular complexity index is 352. The van der Waals surface area contributed by atoms with Gasteiger partial charge in [0.25, 0.3) is 0 Å². The highest BCUT2D eigenvalue weighted by Gasteiger charge is 2.09. The van der Waals surface area contributed by atoms with E-state index in [1.54, 1.807) is 0 Å². The van der Waals surface area contributed by atoms with Gasteiger partial charge in [0.05, 0.1) is 0 Å². The van der Waals surface area contributed by atoms with Gasteiger partial charge in [-0.1, -0.05) is 39.2 Å². The molecule has 1 unspecified atom stereocenters. The number of benzene rings is 1. The van der Waals surface area contributed by atoms with Crippen LogP contribution >= 0.6 is 0 Å². The molecule has 0 saturated heterocycles. The van der Waals surface area contributed by atoms with E-state index in [9.17, 15) is 8.78 Å². The van der Waals surface area contributed by atoms with Gasteiger partial charge in [-0.3, -0.25) is 0 Å². The summed E-state index contributed by atoms with van der Waals surface area (Å²) in [7, 11) is 0. The molecule has 0 radical (unpaired) electrons. The van der Waals surface area contributed by atoms with Gasteiger partial charge in [0.1, 0.15) is 11.6 Å². The Balaban J connectivity index is 2.49. The van der Waals surface area contributed by atoms with Crippen molar-refractivity contribution in [3.05, 3.63) is 35.4 Å². The average Bonchev–Trinajstić information content (AvgIpc) is 2.34. The molecule has 0 aromatic heterocycles. The molecule has 0 heterocycles. The number of hydrogen-bond acceptors (Lipinski definition) is 1. The van der Waals surface area contributed by atoms with E-state index in [0.717, 1.165) is 25.3 Å². The van der Waals surface area contributed by atoms with Crippen molar-refractivity contribution < 1.29 is 8.78 Å². The lowest BCUT2D eigenvalue weighted by Crippen LogP contribution is -2.28. The topological polar surface area (TPSA) is 12.0 Å². The molecule has 0 bridgehead atoms. The number of halogens is 2. The average molecular weight is 255 g/mol.